The van der Waals surface area contributed by atoms with Gasteiger partial charge in [0, 0.05) is 25.3 Å². The van der Waals surface area contributed by atoms with Crippen LogP contribution in [-0.4, -0.2) is 57.0 Å². The number of anilines is 2. The number of amides is 1. The fraction of sp³-hybridized carbons (Fsp3) is 0.333. The van der Waals surface area contributed by atoms with Crippen LogP contribution in [0.5, 0.6) is 11.5 Å². The van der Waals surface area contributed by atoms with Crippen molar-refractivity contribution in [3.8, 4) is 11.5 Å². The first-order valence-electron chi connectivity index (χ1n) is 9.60. The number of aromatic carboxylic acids is 1. The highest BCUT2D eigenvalue weighted by Gasteiger charge is 2.19. The summed E-state index contributed by atoms with van der Waals surface area (Å²) in [5, 5.41) is 13.1. The van der Waals surface area contributed by atoms with Gasteiger partial charge < -0.3 is 35.3 Å². The highest BCUT2D eigenvalue weighted by molar-refractivity contribution is 6.32. The summed E-state index contributed by atoms with van der Waals surface area (Å²) >= 11 is 6.27. The molecule has 10 heteroatoms. The van der Waals surface area contributed by atoms with Crippen LogP contribution < -0.4 is 25.4 Å². The van der Waals surface area contributed by atoms with E-state index < -0.39 is 11.9 Å². The highest BCUT2D eigenvalue weighted by Crippen LogP contribution is 2.36. The number of carbonyl (C=O) groups is 2. The van der Waals surface area contributed by atoms with Crippen LogP contribution >= 0.6 is 11.6 Å². The summed E-state index contributed by atoms with van der Waals surface area (Å²) in [6, 6.07) is 8.63. The molecule has 3 rings (SSSR count). The lowest BCUT2D eigenvalue weighted by Crippen LogP contribution is -2.37. The van der Waals surface area contributed by atoms with Crippen molar-refractivity contribution in [2.75, 3.05) is 50.2 Å². The van der Waals surface area contributed by atoms with Gasteiger partial charge in [0.05, 0.1) is 36.6 Å². The summed E-state index contributed by atoms with van der Waals surface area (Å²) in [4.78, 5) is 24.8. The summed E-state index contributed by atoms with van der Waals surface area (Å²) in [5.74, 6) is -1.03. The average molecular weight is 450 g/mol. The molecule has 1 heterocycles. The van der Waals surface area contributed by atoms with Crippen molar-refractivity contribution >= 4 is 34.9 Å². The van der Waals surface area contributed by atoms with Crippen LogP contribution in [0.2, 0.25) is 5.02 Å². The number of nitrogens with two attached hydrogens (primary N) is 1. The third kappa shape index (κ3) is 5.71. The van der Waals surface area contributed by atoms with Crippen molar-refractivity contribution in [3.63, 3.8) is 0 Å². The van der Waals surface area contributed by atoms with E-state index in [0.717, 1.165) is 5.56 Å². The lowest BCUT2D eigenvalue weighted by Gasteiger charge is -2.30. The van der Waals surface area contributed by atoms with E-state index in [4.69, 9.17) is 31.5 Å². The Morgan fingerprint density at radius 3 is 2.65 bits per heavy atom. The number of primary amides is 1. The van der Waals surface area contributed by atoms with Gasteiger partial charge in [-0.25, -0.2) is 4.79 Å². The number of ether oxygens (including phenoxy) is 3. The molecule has 0 aliphatic carbocycles. The largest absolute Gasteiger partial charge is 0.493 e. The summed E-state index contributed by atoms with van der Waals surface area (Å²) in [7, 11) is 1.46. The second-order valence-corrected chi connectivity index (χ2v) is 7.26. The molecule has 0 atom stereocenters. The maximum absolute atomic E-state index is 11.8. The van der Waals surface area contributed by atoms with E-state index in [1.807, 2.05) is 11.0 Å². The van der Waals surface area contributed by atoms with Gasteiger partial charge in [-0.15, -0.1) is 0 Å². The normalized spacial score (nSPS) is 13.5. The Kier molecular flexibility index (Phi) is 7.43. The number of carboxylic acids is 1. The lowest BCUT2D eigenvalue weighted by atomic mass is 10.1. The molecule has 0 aromatic heterocycles. The van der Waals surface area contributed by atoms with Crippen molar-refractivity contribution in [1.29, 1.82) is 0 Å². The van der Waals surface area contributed by atoms with Crippen molar-refractivity contribution in [3.05, 3.63) is 46.5 Å². The first-order valence-corrected chi connectivity index (χ1v) is 9.98. The highest BCUT2D eigenvalue weighted by atomic mass is 35.5. The van der Waals surface area contributed by atoms with Crippen LogP contribution in [0.15, 0.2) is 30.3 Å². The molecule has 0 bridgehead atoms. The summed E-state index contributed by atoms with van der Waals surface area (Å²) in [6.45, 7) is 2.48. The first-order chi connectivity index (χ1) is 14.9. The summed E-state index contributed by atoms with van der Waals surface area (Å²) in [5.41, 5.74) is 7.43. The smallest absolute Gasteiger partial charge is 0.337 e. The predicted octanol–water partition coefficient (Wildman–Crippen LogP) is 2.36. The molecule has 2 aromatic carbocycles. The lowest BCUT2D eigenvalue weighted by molar-refractivity contribution is -0.119. The number of nitrogens with one attached hydrogen (secondary N) is 1. The number of hydrogen-bond acceptors (Lipinski definition) is 7. The predicted molar refractivity (Wildman–Crippen MR) is 116 cm³/mol. The number of nitrogens with zero attached hydrogens (tertiary/aromatic N) is 1. The van der Waals surface area contributed by atoms with Crippen LogP contribution in [0.25, 0.3) is 0 Å². The van der Waals surface area contributed by atoms with E-state index in [1.54, 1.807) is 24.3 Å². The molecule has 9 nitrogen and oxygen atoms in total. The number of carboxylic acid groups (broad SMARTS) is 1. The molecular weight excluding hydrogens is 426 g/mol. The number of benzene rings is 2. The minimum atomic E-state index is -0.995. The van der Waals surface area contributed by atoms with Gasteiger partial charge in [-0.1, -0.05) is 11.6 Å². The van der Waals surface area contributed by atoms with Crippen LogP contribution in [-0.2, 0) is 16.1 Å². The first kappa shape index (κ1) is 22.5. The molecular formula is C21H24ClN3O6. The van der Waals surface area contributed by atoms with Crippen LogP contribution in [0.4, 0.5) is 11.4 Å². The van der Waals surface area contributed by atoms with Crippen LogP contribution in [0, 0.1) is 0 Å². The number of morpholine rings is 1. The van der Waals surface area contributed by atoms with Gasteiger partial charge in [0.1, 0.15) is 0 Å². The number of carbonyl (C=O) groups excluding carboxylic acids is 1. The summed E-state index contributed by atoms with van der Waals surface area (Å²) < 4.78 is 16.0. The second-order valence-electron chi connectivity index (χ2n) is 6.85. The van der Waals surface area contributed by atoms with Crippen LogP contribution in [0.3, 0.4) is 0 Å². The Morgan fingerprint density at radius 2 is 2.00 bits per heavy atom. The molecule has 0 unspecified atom stereocenters. The van der Waals surface area contributed by atoms with E-state index in [2.05, 4.69) is 5.32 Å². The average Bonchev–Trinajstić information content (AvgIpc) is 2.76. The van der Waals surface area contributed by atoms with Gasteiger partial charge in [-0.2, -0.15) is 0 Å². The molecule has 0 spiro atoms. The van der Waals surface area contributed by atoms with Crippen molar-refractivity contribution in [1.82, 2.24) is 0 Å². The van der Waals surface area contributed by atoms with Gasteiger partial charge in [-0.3, -0.25) is 4.79 Å². The minimum absolute atomic E-state index is 0.220. The molecule has 1 aliphatic rings. The third-order valence-electron chi connectivity index (χ3n) is 4.72. The molecule has 0 saturated carbocycles. The Hall–Kier alpha value is -3.17. The zero-order valence-corrected chi connectivity index (χ0v) is 17.8. The molecule has 0 radical (unpaired) electrons. The van der Waals surface area contributed by atoms with Crippen molar-refractivity contribution in [2.45, 2.75) is 6.54 Å². The Labute approximate surface area is 184 Å². The van der Waals surface area contributed by atoms with Crippen molar-refractivity contribution < 1.29 is 28.9 Å². The summed E-state index contributed by atoms with van der Waals surface area (Å²) in [6.07, 6.45) is 0. The quantitative estimate of drug-likeness (QED) is 0.533. The standard InChI is InChI=1S/C21H24ClN3O6/c1-29-18-9-13(8-16(22)20(18)31-12-19(23)26)11-24-14-2-3-17(15(10-14)21(27)28)25-4-6-30-7-5-25/h2-3,8-10,24H,4-7,11-12H2,1H3,(H2,23,26)(H,27,28). The topological polar surface area (TPSA) is 123 Å². The van der Waals surface area contributed by atoms with Crippen molar-refractivity contribution in [2.24, 2.45) is 5.73 Å². The van der Waals surface area contributed by atoms with E-state index >= 15 is 0 Å². The molecule has 1 saturated heterocycles. The SMILES string of the molecule is COc1cc(CNc2ccc(N3CCOCC3)c(C(=O)O)c2)cc(Cl)c1OCC(N)=O. The third-order valence-corrected chi connectivity index (χ3v) is 5.00. The maximum Gasteiger partial charge on any atom is 0.337 e. The Morgan fingerprint density at radius 1 is 1.26 bits per heavy atom. The van der Waals surface area contributed by atoms with E-state index in [1.165, 1.54) is 7.11 Å². The molecule has 166 valence electrons. The molecule has 1 aliphatic heterocycles. The monoisotopic (exact) mass is 449 g/mol. The minimum Gasteiger partial charge on any atom is -0.493 e. The number of methoxy groups -OCH3 is 1. The fourth-order valence-corrected chi connectivity index (χ4v) is 3.55. The van der Waals surface area contributed by atoms with E-state index in [-0.39, 0.29) is 22.9 Å². The molecule has 2 aromatic rings. The number of halogens is 1. The van der Waals surface area contributed by atoms with Gasteiger partial charge in [-0.05, 0) is 35.9 Å². The van der Waals surface area contributed by atoms with E-state index in [9.17, 15) is 14.7 Å². The molecule has 1 fully saturated rings. The molecule has 1 amide bonds. The Bertz CT molecular complexity index is 962. The zero-order valence-electron chi connectivity index (χ0n) is 17.0. The van der Waals surface area contributed by atoms with Gasteiger partial charge in [0.25, 0.3) is 5.91 Å². The van der Waals surface area contributed by atoms with Gasteiger partial charge >= 0.3 is 5.97 Å². The fourth-order valence-electron chi connectivity index (χ4n) is 3.26. The van der Waals surface area contributed by atoms with E-state index in [0.29, 0.717) is 50.0 Å². The maximum atomic E-state index is 11.8. The van der Waals surface area contributed by atoms with Gasteiger partial charge in [0.2, 0.25) is 0 Å². The Balaban J connectivity index is 1.76. The van der Waals surface area contributed by atoms with Gasteiger partial charge in [0.15, 0.2) is 18.1 Å². The second kappa shape index (κ2) is 10.2. The molecule has 4 N–H and O–H groups in total. The number of hydrogen-bond donors (Lipinski definition) is 3. The zero-order chi connectivity index (χ0) is 22.4. The molecule has 31 heavy (non-hydrogen) atoms. The van der Waals surface area contributed by atoms with Crippen LogP contribution in [0.1, 0.15) is 15.9 Å². The number of rotatable bonds is 9.